The Morgan fingerprint density at radius 2 is 2.14 bits per heavy atom. The second kappa shape index (κ2) is 4.70. The molecule has 4 aliphatic rings. The number of nitrogens with two attached hydrogens (primary N) is 1. The molecule has 4 fully saturated rings. The van der Waals surface area contributed by atoms with E-state index in [1.165, 1.54) is 13.5 Å². The highest BCUT2D eigenvalue weighted by atomic mass is 16.7. The lowest BCUT2D eigenvalue weighted by Crippen LogP contribution is -2.73. The van der Waals surface area contributed by atoms with Crippen LogP contribution < -0.4 is 5.73 Å². The molecule has 118 valence electrons. The molecule has 3 saturated carbocycles. The zero-order chi connectivity index (χ0) is 15.5. The average Bonchev–Trinajstić information content (AvgIpc) is 2.78. The van der Waals surface area contributed by atoms with Crippen LogP contribution >= 0.6 is 0 Å². The van der Waals surface area contributed by atoms with Crippen LogP contribution in [-0.2, 0) is 18.8 Å². The molecule has 1 spiro atoms. The number of rotatable bonds is 4. The van der Waals surface area contributed by atoms with Gasteiger partial charge >= 0.3 is 13.1 Å². The van der Waals surface area contributed by atoms with Crippen molar-refractivity contribution in [3.63, 3.8) is 0 Å². The molecule has 0 aromatic rings. The second-order valence-electron chi connectivity index (χ2n) is 7.59. The van der Waals surface area contributed by atoms with Crippen LogP contribution in [-0.4, -0.2) is 37.4 Å². The predicted octanol–water partition coefficient (Wildman–Crippen LogP) is 1.75. The van der Waals surface area contributed by atoms with Gasteiger partial charge in [-0.3, -0.25) is 4.79 Å². The third kappa shape index (κ3) is 1.92. The average molecular weight is 295 g/mol. The van der Waals surface area contributed by atoms with E-state index in [4.69, 9.17) is 15.0 Å². The maximum Gasteiger partial charge on any atom is 0.457 e. The van der Waals surface area contributed by atoms with E-state index in [-0.39, 0.29) is 29.7 Å². The molecule has 21 heavy (non-hydrogen) atoms. The van der Waals surface area contributed by atoms with Gasteiger partial charge in [-0.2, -0.15) is 0 Å². The van der Waals surface area contributed by atoms with E-state index in [0.717, 1.165) is 18.8 Å². The van der Waals surface area contributed by atoms with Crippen LogP contribution in [0.1, 0.15) is 46.5 Å². The van der Waals surface area contributed by atoms with Crippen LogP contribution in [0.3, 0.4) is 0 Å². The highest BCUT2D eigenvalue weighted by Crippen LogP contribution is 2.70. The number of hydrogen-bond donors (Lipinski definition) is 1. The first kappa shape index (κ1) is 15.3. The fourth-order valence-electron chi connectivity index (χ4n) is 4.80. The highest BCUT2D eigenvalue weighted by molar-refractivity contribution is 6.45. The van der Waals surface area contributed by atoms with Crippen molar-refractivity contribution in [2.45, 2.75) is 70.0 Å². The van der Waals surface area contributed by atoms with Gasteiger partial charge in [0.15, 0.2) is 0 Å². The number of carbonyl (C=O) groups is 1. The first-order chi connectivity index (χ1) is 9.76. The largest absolute Gasteiger partial charge is 0.468 e. The van der Waals surface area contributed by atoms with Crippen molar-refractivity contribution in [3.8, 4) is 0 Å². The van der Waals surface area contributed by atoms with Gasteiger partial charge in [-0.1, -0.05) is 13.8 Å². The van der Waals surface area contributed by atoms with Crippen molar-refractivity contribution < 1.29 is 18.8 Å². The van der Waals surface area contributed by atoms with Crippen molar-refractivity contribution in [1.82, 2.24) is 0 Å². The number of methoxy groups -OCH3 is 1. The molecule has 0 radical (unpaired) electrons. The lowest BCUT2D eigenvalue weighted by atomic mass is 9.41. The molecule has 3 aliphatic carbocycles. The minimum Gasteiger partial charge on any atom is -0.468 e. The molecule has 2 N–H and O–H groups in total. The van der Waals surface area contributed by atoms with Crippen molar-refractivity contribution >= 4 is 13.1 Å². The maximum atomic E-state index is 11.4. The van der Waals surface area contributed by atoms with Gasteiger partial charge in [0, 0.05) is 0 Å². The molecule has 6 heteroatoms. The van der Waals surface area contributed by atoms with Crippen molar-refractivity contribution in [1.29, 1.82) is 0 Å². The van der Waals surface area contributed by atoms with Crippen LogP contribution in [0.2, 0.25) is 6.32 Å². The summed E-state index contributed by atoms with van der Waals surface area (Å²) >= 11 is 0. The third-order valence-electron chi connectivity index (χ3n) is 6.36. The summed E-state index contributed by atoms with van der Waals surface area (Å²) in [6.45, 7) is 6.78. The van der Waals surface area contributed by atoms with Gasteiger partial charge in [0.25, 0.3) is 0 Å². The molecule has 1 unspecified atom stereocenters. The minimum absolute atomic E-state index is 0.164. The molecule has 1 aliphatic heterocycles. The first-order valence-electron chi connectivity index (χ1n) is 7.95. The van der Waals surface area contributed by atoms with Crippen LogP contribution in [0.4, 0.5) is 0 Å². The Morgan fingerprint density at radius 3 is 2.71 bits per heavy atom. The van der Waals surface area contributed by atoms with Crippen molar-refractivity contribution in [3.05, 3.63) is 0 Å². The van der Waals surface area contributed by atoms with Gasteiger partial charge in [0.2, 0.25) is 0 Å². The number of ether oxygens (including phenoxy) is 1. The Bertz CT molecular complexity index is 457. The molecule has 0 aromatic carbocycles. The molecule has 4 atom stereocenters. The highest BCUT2D eigenvalue weighted by Gasteiger charge is 2.75. The molecule has 0 amide bonds. The summed E-state index contributed by atoms with van der Waals surface area (Å²) < 4.78 is 17.3. The quantitative estimate of drug-likeness (QED) is 0.632. The van der Waals surface area contributed by atoms with Crippen molar-refractivity contribution in [2.24, 2.45) is 17.1 Å². The van der Waals surface area contributed by atoms with Crippen LogP contribution in [0.5, 0.6) is 0 Å². The van der Waals surface area contributed by atoms with E-state index in [1.807, 2.05) is 0 Å². The summed E-state index contributed by atoms with van der Waals surface area (Å²) in [5, 5.41) is 0. The normalized spacial score (nSPS) is 41.2. The van der Waals surface area contributed by atoms with E-state index in [2.05, 4.69) is 25.5 Å². The van der Waals surface area contributed by atoms with Gasteiger partial charge in [0.05, 0.1) is 18.3 Å². The van der Waals surface area contributed by atoms with Gasteiger partial charge in [-0.25, -0.2) is 0 Å². The molecular formula is C15H26BNO4. The monoisotopic (exact) mass is 295 g/mol. The second-order valence-corrected chi connectivity index (χ2v) is 7.59. The van der Waals surface area contributed by atoms with Gasteiger partial charge in [-0.15, -0.1) is 0 Å². The van der Waals surface area contributed by atoms with E-state index >= 15 is 0 Å². The molecule has 0 aromatic heterocycles. The summed E-state index contributed by atoms with van der Waals surface area (Å²) in [6.07, 6.45) is 4.52. The topological polar surface area (TPSA) is 70.8 Å². The van der Waals surface area contributed by atoms with E-state index in [1.54, 1.807) is 0 Å². The van der Waals surface area contributed by atoms with Crippen LogP contribution in [0, 0.1) is 11.3 Å². The number of esters is 1. The van der Waals surface area contributed by atoms with E-state index in [0.29, 0.717) is 12.7 Å². The summed E-state index contributed by atoms with van der Waals surface area (Å²) in [4.78, 5) is 11.4. The van der Waals surface area contributed by atoms with Gasteiger partial charge in [0.1, 0.15) is 6.04 Å². The van der Waals surface area contributed by atoms with E-state index < -0.39 is 6.04 Å². The van der Waals surface area contributed by atoms with Gasteiger partial charge < -0.3 is 19.8 Å². The molecule has 2 bridgehead atoms. The first-order valence-corrected chi connectivity index (χ1v) is 7.95. The zero-order valence-corrected chi connectivity index (χ0v) is 13.5. The van der Waals surface area contributed by atoms with Gasteiger partial charge in [-0.05, 0) is 50.3 Å². The molecular weight excluding hydrogens is 269 g/mol. The fourth-order valence-corrected chi connectivity index (χ4v) is 4.80. The molecule has 5 nitrogen and oxygen atoms in total. The summed E-state index contributed by atoms with van der Waals surface area (Å²) in [5.41, 5.74) is 5.59. The smallest absolute Gasteiger partial charge is 0.457 e. The minimum atomic E-state index is -0.600. The standard InChI is InChI=1S/C15H26BNO4/c1-13(2)10-5-7-14(3)15(13,9-10)21-16(20-14)8-6-11(17)12(18)19-4/h10-11H,5-9,17H2,1-4H3/t10?,11-,14-,15+/m0/s1. The van der Waals surface area contributed by atoms with Crippen LogP contribution in [0.25, 0.3) is 0 Å². The number of fused-ring (bicyclic) bond motifs is 1. The maximum absolute atomic E-state index is 11.4. The SMILES string of the molecule is COC(=O)[C@@H](N)CCB1O[C@@]2(C)CCC3C[C@@]2(O1)C3(C)C. The Labute approximate surface area is 127 Å². The third-order valence-corrected chi connectivity index (χ3v) is 6.36. The predicted molar refractivity (Wildman–Crippen MR) is 79.6 cm³/mol. The molecule has 4 rings (SSSR count). The molecule has 1 saturated heterocycles. The van der Waals surface area contributed by atoms with E-state index in [9.17, 15) is 4.79 Å². The Hall–Kier alpha value is -0.585. The summed E-state index contributed by atoms with van der Waals surface area (Å²) in [6, 6.07) is -0.600. The number of carbonyl (C=O) groups excluding carboxylic acids is 1. The fraction of sp³-hybridized carbons (Fsp3) is 0.933. The Kier molecular flexibility index (Phi) is 3.43. The Morgan fingerprint density at radius 1 is 1.43 bits per heavy atom. The zero-order valence-electron chi connectivity index (χ0n) is 13.5. The number of hydrogen-bond acceptors (Lipinski definition) is 5. The Balaban J connectivity index is 1.66. The van der Waals surface area contributed by atoms with Crippen LogP contribution in [0.15, 0.2) is 0 Å². The summed E-state index contributed by atoms with van der Waals surface area (Å²) in [7, 11) is 1.10. The lowest BCUT2D eigenvalue weighted by Gasteiger charge is -2.69. The lowest BCUT2D eigenvalue weighted by molar-refractivity contribution is -0.257. The summed E-state index contributed by atoms with van der Waals surface area (Å²) in [5.74, 6) is 0.365. The van der Waals surface area contributed by atoms with Crippen molar-refractivity contribution in [2.75, 3.05) is 7.11 Å². The molecule has 1 heterocycles.